The standard InChI is InChI=1S/C19H14F3N3O3/c20-19(21,22)11-4-13(23-15(26)5-11)17-24-12-3-10(1-2-14(12)28-17)16(27)25-18-6-9(7-18)8-18/h1-5,9H,6-8H2,(H,23,26)(H,25,27). The van der Waals surface area contributed by atoms with Crippen LogP contribution in [-0.2, 0) is 6.18 Å². The third-order valence-electron chi connectivity index (χ3n) is 5.47. The average molecular weight is 389 g/mol. The molecule has 0 atom stereocenters. The van der Waals surface area contributed by atoms with Crippen LogP contribution < -0.4 is 10.9 Å². The van der Waals surface area contributed by atoms with E-state index in [0.717, 1.165) is 31.2 Å². The molecule has 9 heteroatoms. The van der Waals surface area contributed by atoms with Gasteiger partial charge in [0.2, 0.25) is 11.4 Å². The van der Waals surface area contributed by atoms with Crippen LogP contribution in [0.5, 0.6) is 0 Å². The number of fused-ring (bicyclic) bond motifs is 1. The Morgan fingerprint density at radius 3 is 2.61 bits per heavy atom. The predicted molar refractivity (Wildman–Crippen MR) is 92.6 cm³/mol. The van der Waals surface area contributed by atoms with Crippen LogP contribution in [0, 0.1) is 5.92 Å². The minimum Gasteiger partial charge on any atom is -0.435 e. The number of carbonyl (C=O) groups excluding carboxylic acids is 1. The maximum absolute atomic E-state index is 12.9. The monoisotopic (exact) mass is 389 g/mol. The molecular weight excluding hydrogens is 375 g/mol. The molecule has 1 amide bonds. The summed E-state index contributed by atoms with van der Waals surface area (Å²) < 4.78 is 44.3. The number of nitrogens with zero attached hydrogens (tertiary/aromatic N) is 1. The van der Waals surface area contributed by atoms with Gasteiger partial charge in [0.05, 0.1) is 5.56 Å². The van der Waals surface area contributed by atoms with Crippen LogP contribution in [0.15, 0.2) is 39.5 Å². The molecule has 6 rings (SSSR count). The first-order chi connectivity index (χ1) is 13.2. The number of carbonyl (C=O) groups is 1. The number of H-pyrrole nitrogens is 1. The average Bonchev–Trinajstić information content (AvgIpc) is 2.98. The number of hydrogen-bond donors (Lipinski definition) is 2. The first kappa shape index (κ1) is 17.0. The van der Waals surface area contributed by atoms with Gasteiger partial charge in [0.25, 0.3) is 5.91 Å². The van der Waals surface area contributed by atoms with Crippen molar-refractivity contribution in [1.29, 1.82) is 0 Å². The number of benzene rings is 1. The van der Waals surface area contributed by atoms with E-state index in [9.17, 15) is 22.8 Å². The Bertz CT molecular complexity index is 1160. The van der Waals surface area contributed by atoms with E-state index in [4.69, 9.17) is 4.42 Å². The van der Waals surface area contributed by atoms with Gasteiger partial charge in [0, 0.05) is 17.2 Å². The zero-order valence-electron chi connectivity index (χ0n) is 14.4. The largest absolute Gasteiger partial charge is 0.435 e. The van der Waals surface area contributed by atoms with Crippen molar-refractivity contribution in [2.75, 3.05) is 0 Å². The molecule has 0 saturated heterocycles. The Hall–Kier alpha value is -3.10. The molecule has 3 fully saturated rings. The van der Waals surface area contributed by atoms with Gasteiger partial charge in [-0.05, 0) is 49.4 Å². The molecule has 3 aliphatic carbocycles. The van der Waals surface area contributed by atoms with Gasteiger partial charge in [-0.15, -0.1) is 0 Å². The van der Waals surface area contributed by atoms with Crippen molar-refractivity contribution in [1.82, 2.24) is 15.3 Å². The molecule has 1 aromatic carbocycles. The summed E-state index contributed by atoms with van der Waals surface area (Å²) in [5.41, 5.74) is -1.24. The molecular formula is C19H14F3N3O3. The molecule has 144 valence electrons. The highest BCUT2D eigenvalue weighted by Crippen LogP contribution is 2.57. The second-order valence-electron chi connectivity index (χ2n) is 7.56. The molecule has 3 aromatic rings. The smallest absolute Gasteiger partial charge is 0.416 e. The second-order valence-corrected chi connectivity index (χ2v) is 7.56. The molecule has 6 nitrogen and oxygen atoms in total. The molecule has 0 spiro atoms. The molecule has 28 heavy (non-hydrogen) atoms. The topological polar surface area (TPSA) is 88.0 Å². The van der Waals surface area contributed by atoms with Crippen molar-refractivity contribution in [2.45, 2.75) is 31.0 Å². The lowest BCUT2D eigenvalue weighted by Gasteiger charge is -2.61. The first-order valence-electron chi connectivity index (χ1n) is 8.76. The van der Waals surface area contributed by atoms with Gasteiger partial charge in [0.15, 0.2) is 5.58 Å². The van der Waals surface area contributed by atoms with Crippen LogP contribution >= 0.6 is 0 Å². The number of nitrogens with one attached hydrogen (secondary N) is 2. The molecule has 2 bridgehead atoms. The van der Waals surface area contributed by atoms with E-state index in [1.165, 1.54) is 12.1 Å². The summed E-state index contributed by atoms with van der Waals surface area (Å²) in [5, 5.41) is 3.04. The lowest BCUT2D eigenvalue weighted by molar-refractivity contribution is -0.137. The van der Waals surface area contributed by atoms with Gasteiger partial charge in [-0.2, -0.15) is 13.2 Å². The third-order valence-corrected chi connectivity index (χ3v) is 5.47. The van der Waals surface area contributed by atoms with Gasteiger partial charge >= 0.3 is 6.18 Å². The highest BCUT2D eigenvalue weighted by Gasteiger charge is 2.57. The van der Waals surface area contributed by atoms with Gasteiger partial charge in [-0.1, -0.05) is 0 Å². The van der Waals surface area contributed by atoms with Gasteiger partial charge < -0.3 is 14.7 Å². The summed E-state index contributed by atoms with van der Waals surface area (Å²) in [6, 6.07) is 5.87. The Morgan fingerprint density at radius 1 is 1.21 bits per heavy atom. The number of halogens is 3. The molecule has 2 heterocycles. The zero-order chi connectivity index (χ0) is 19.7. The lowest BCUT2D eigenvalue weighted by atomic mass is 9.50. The Morgan fingerprint density at radius 2 is 1.96 bits per heavy atom. The number of oxazole rings is 1. The number of aromatic amines is 1. The SMILES string of the molecule is O=C(NC12CC(C1)C2)c1ccc2oc(-c3cc(C(F)(F)F)cc(=O)[nH]3)nc2c1. The normalized spacial score (nSPS) is 23.2. The van der Waals surface area contributed by atoms with E-state index in [0.29, 0.717) is 22.7 Å². The van der Waals surface area contributed by atoms with Crippen LogP contribution in [0.2, 0.25) is 0 Å². The van der Waals surface area contributed by atoms with E-state index < -0.39 is 17.3 Å². The summed E-state index contributed by atoms with van der Waals surface area (Å²) in [6.45, 7) is 0. The quantitative estimate of drug-likeness (QED) is 0.718. The Labute approximate surface area is 155 Å². The molecule has 2 aromatic heterocycles. The fraction of sp³-hybridized carbons (Fsp3) is 0.316. The molecule has 0 radical (unpaired) electrons. The number of alkyl halides is 3. The van der Waals surface area contributed by atoms with E-state index >= 15 is 0 Å². The van der Waals surface area contributed by atoms with Crippen molar-refractivity contribution in [3.63, 3.8) is 0 Å². The second kappa shape index (κ2) is 5.46. The van der Waals surface area contributed by atoms with Crippen molar-refractivity contribution in [3.05, 3.63) is 51.8 Å². The first-order valence-corrected chi connectivity index (χ1v) is 8.76. The zero-order valence-corrected chi connectivity index (χ0v) is 14.4. The molecule has 2 N–H and O–H groups in total. The minimum atomic E-state index is -4.66. The number of rotatable bonds is 3. The maximum Gasteiger partial charge on any atom is 0.416 e. The van der Waals surface area contributed by atoms with E-state index in [-0.39, 0.29) is 23.0 Å². The van der Waals surface area contributed by atoms with E-state index in [1.807, 2.05) is 0 Å². The molecule has 3 aliphatic rings. The summed E-state index contributed by atoms with van der Waals surface area (Å²) >= 11 is 0. The minimum absolute atomic E-state index is 0.0663. The van der Waals surface area contributed by atoms with Crippen LogP contribution in [0.25, 0.3) is 22.7 Å². The van der Waals surface area contributed by atoms with Crippen molar-refractivity contribution in [2.24, 2.45) is 5.92 Å². The highest BCUT2D eigenvalue weighted by atomic mass is 19.4. The summed E-state index contributed by atoms with van der Waals surface area (Å²) in [6.07, 6.45) is -1.63. The van der Waals surface area contributed by atoms with Crippen LogP contribution in [0.1, 0.15) is 35.2 Å². The fourth-order valence-corrected chi connectivity index (χ4v) is 3.95. The van der Waals surface area contributed by atoms with Crippen molar-refractivity contribution >= 4 is 17.0 Å². The number of amides is 1. The summed E-state index contributed by atoms with van der Waals surface area (Å²) in [4.78, 5) is 30.5. The van der Waals surface area contributed by atoms with Crippen molar-refractivity contribution in [3.8, 4) is 11.6 Å². The van der Waals surface area contributed by atoms with Crippen LogP contribution in [0.4, 0.5) is 13.2 Å². The molecule has 0 aliphatic heterocycles. The Kier molecular flexibility index (Phi) is 3.32. The maximum atomic E-state index is 12.9. The number of hydrogen-bond acceptors (Lipinski definition) is 4. The van der Waals surface area contributed by atoms with Crippen LogP contribution in [-0.4, -0.2) is 21.4 Å². The Balaban J connectivity index is 1.48. The van der Waals surface area contributed by atoms with Crippen molar-refractivity contribution < 1.29 is 22.4 Å². The van der Waals surface area contributed by atoms with Crippen LogP contribution in [0.3, 0.4) is 0 Å². The summed E-state index contributed by atoms with van der Waals surface area (Å²) in [7, 11) is 0. The third kappa shape index (κ3) is 2.69. The van der Waals surface area contributed by atoms with E-state index in [2.05, 4.69) is 15.3 Å². The number of pyridine rings is 1. The van der Waals surface area contributed by atoms with Gasteiger partial charge in [0.1, 0.15) is 11.2 Å². The lowest BCUT2D eigenvalue weighted by Crippen LogP contribution is -2.68. The molecule has 3 saturated carbocycles. The fourth-order valence-electron chi connectivity index (χ4n) is 3.95. The van der Waals surface area contributed by atoms with Gasteiger partial charge in [-0.3, -0.25) is 9.59 Å². The number of aromatic nitrogens is 2. The predicted octanol–water partition coefficient (Wildman–Crippen LogP) is 3.48. The highest BCUT2D eigenvalue weighted by molar-refractivity contribution is 5.98. The molecule has 0 unspecified atom stereocenters. The van der Waals surface area contributed by atoms with E-state index in [1.54, 1.807) is 6.07 Å². The van der Waals surface area contributed by atoms with Gasteiger partial charge in [-0.25, -0.2) is 4.98 Å². The summed E-state index contributed by atoms with van der Waals surface area (Å²) in [5.74, 6) is 0.364.